The Morgan fingerprint density at radius 2 is 1.63 bits per heavy atom. The summed E-state index contributed by atoms with van der Waals surface area (Å²) in [6.07, 6.45) is 2.21. The summed E-state index contributed by atoms with van der Waals surface area (Å²) in [4.78, 5) is 27.0. The van der Waals surface area contributed by atoms with Gasteiger partial charge in [0, 0.05) is 18.8 Å². The molecule has 0 saturated carbocycles. The molecule has 2 aromatic carbocycles. The minimum Gasteiger partial charge on any atom is -0.334 e. The van der Waals surface area contributed by atoms with Crippen LogP contribution >= 0.6 is 0 Å². The van der Waals surface area contributed by atoms with E-state index >= 15 is 0 Å². The number of hydrogen-bond donors (Lipinski definition) is 3. The molecule has 2 rings (SSSR count). The molecule has 0 aliphatic rings. The molecule has 0 heterocycles. The van der Waals surface area contributed by atoms with E-state index in [0.717, 1.165) is 24.9 Å². The fraction of sp³-hybridized carbons (Fsp3) is 0.391. The number of halogens is 1. The summed E-state index contributed by atoms with van der Waals surface area (Å²) in [6, 6.07) is 12.6. The molecule has 0 aliphatic carbocycles. The van der Waals surface area contributed by atoms with Crippen LogP contribution in [0.3, 0.4) is 0 Å². The Bertz CT molecular complexity index is 807. The van der Waals surface area contributed by atoms with E-state index in [-0.39, 0.29) is 18.3 Å². The quantitative estimate of drug-likeness (QED) is 0.557. The van der Waals surface area contributed by atoms with Gasteiger partial charge in [-0.3, -0.25) is 4.79 Å². The lowest BCUT2D eigenvalue weighted by Crippen LogP contribution is -2.47. The third kappa shape index (κ3) is 8.21. The van der Waals surface area contributed by atoms with E-state index in [9.17, 15) is 14.0 Å². The molecule has 0 fully saturated rings. The van der Waals surface area contributed by atoms with Crippen molar-refractivity contribution in [3.05, 3.63) is 65.5 Å². The van der Waals surface area contributed by atoms with Crippen molar-refractivity contribution in [2.24, 2.45) is 0 Å². The molecule has 6 nitrogen and oxygen atoms in total. The number of hydrogen-bond acceptors (Lipinski definition) is 3. The number of anilines is 1. The normalized spacial score (nSPS) is 11.8. The van der Waals surface area contributed by atoms with Gasteiger partial charge in [-0.1, -0.05) is 37.6 Å². The first kappa shape index (κ1) is 23.3. The molecule has 0 radical (unpaired) electrons. The Morgan fingerprint density at radius 3 is 2.23 bits per heavy atom. The van der Waals surface area contributed by atoms with Crippen molar-refractivity contribution in [2.75, 3.05) is 26.0 Å². The smallest absolute Gasteiger partial charge is 0.315 e. The van der Waals surface area contributed by atoms with Crippen molar-refractivity contribution >= 4 is 17.6 Å². The number of nitrogens with zero attached hydrogens (tertiary/aromatic N) is 1. The highest BCUT2D eigenvalue weighted by Crippen LogP contribution is 2.12. The van der Waals surface area contributed by atoms with Crippen LogP contribution in [0.1, 0.15) is 30.9 Å². The first-order chi connectivity index (χ1) is 14.4. The van der Waals surface area contributed by atoms with Crippen LogP contribution in [0.2, 0.25) is 0 Å². The van der Waals surface area contributed by atoms with Crippen LogP contribution in [0.25, 0.3) is 0 Å². The molecule has 3 amide bonds. The summed E-state index contributed by atoms with van der Waals surface area (Å²) in [5, 5.41) is 8.29. The second kappa shape index (κ2) is 11.9. The third-order valence-corrected chi connectivity index (χ3v) is 4.63. The fourth-order valence-corrected chi connectivity index (χ4v) is 2.89. The zero-order chi connectivity index (χ0) is 21.9. The van der Waals surface area contributed by atoms with E-state index in [1.54, 1.807) is 12.1 Å². The highest BCUT2D eigenvalue weighted by molar-refractivity contribution is 5.97. The fourth-order valence-electron chi connectivity index (χ4n) is 2.89. The maximum atomic E-state index is 13.0. The van der Waals surface area contributed by atoms with E-state index in [2.05, 4.69) is 20.9 Å². The number of nitrogens with one attached hydrogen (secondary N) is 3. The van der Waals surface area contributed by atoms with Gasteiger partial charge in [0.15, 0.2) is 0 Å². The number of rotatable bonds is 10. The predicted molar refractivity (Wildman–Crippen MR) is 118 cm³/mol. The Hall–Kier alpha value is -2.93. The van der Waals surface area contributed by atoms with Gasteiger partial charge in [0.2, 0.25) is 5.91 Å². The number of amides is 3. The van der Waals surface area contributed by atoms with Crippen LogP contribution in [0.5, 0.6) is 0 Å². The Balaban J connectivity index is 1.87. The molecule has 3 N–H and O–H groups in total. The Kier molecular flexibility index (Phi) is 9.28. The third-order valence-electron chi connectivity index (χ3n) is 4.63. The van der Waals surface area contributed by atoms with Gasteiger partial charge >= 0.3 is 6.03 Å². The van der Waals surface area contributed by atoms with Crippen molar-refractivity contribution in [1.29, 1.82) is 0 Å². The summed E-state index contributed by atoms with van der Waals surface area (Å²) >= 11 is 0. The SMILES string of the molecule is CCCC(NC(=O)NCc1ccc(F)cc1)C(=O)Nc1ccc(CCN(C)C)cc1. The Morgan fingerprint density at radius 1 is 1.00 bits per heavy atom. The van der Waals surface area contributed by atoms with Crippen molar-refractivity contribution in [3.63, 3.8) is 0 Å². The average molecular weight is 415 g/mol. The van der Waals surface area contributed by atoms with Gasteiger partial charge in [-0.25, -0.2) is 9.18 Å². The van der Waals surface area contributed by atoms with E-state index in [1.165, 1.54) is 17.7 Å². The van der Waals surface area contributed by atoms with Gasteiger partial charge in [0.1, 0.15) is 11.9 Å². The predicted octanol–water partition coefficient (Wildman–Crippen LogP) is 3.54. The number of benzene rings is 2. The van der Waals surface area contributed by atoms with E-state index < -0.39 is 12.1 Å². The zero-order valence-corrected chi connectivity index (χ0v) is 17.9. The lowest BCUT2D eigenvalue weighted by molar-refractivity contribution is -0.118. The van der Waals surface area contributed by atoms with Gasteiger partial charge in [0.25, 0.3) is 0 Å². The minimum absolute atomic E-state index is 0.251. The number of carbonyl (C=O) groups excluding carboxylic acids is 2. The lowest BCUT2D eigenvalue weighted by Gasteiger charge is -2.18. The topological polar surface area (TPSA) is 73.5 Å². The molecule has 0 aromatic heterocycles. The van der Waals surface area contributed by atoms with Crippen molar-refractivity contribution < 1.29 is 14.0 Å². The van der Waals surface area contributed by atoms with Crippen LogP contribution < -0.4 is 16.0 Å². The van der Waals surface area contributed by atoms with E-state index in [0.29, 0.717) is 12.1 Å². The van der Waals surface area contributed by atoms with Gasteiger partial charge in [-0.15, -0.1) is 0 Å². The summed E-state index contributed by atoms with van der Waals surface area (Å²) in [5.74, 6) is -0.580. The molecule has 162 valence electrons. The Labute approximate surface area is 177 Å². The lowest BCUT2D eigenvalue weighted by atomic mass is 10.1. The standard InChI is InChI=1S/C23H31FN4O2/c1-4-5-21(27-23(30)25-16-18-6-10-19(24)11-7-18)22(29)26-20-12-8-17(9-13-20)14-15-28(2)3/h6-13,21H,4-5,14-16H2,1-3H3,(H,26,29)(H2,25,27,30). The largest absolute Gasteiger partial charge is 0.334 e. The highest BCUT2D eigenvalue weighted by atomic mass is 19.1. The van der Waals surface area contributed by atoms with Crippen LogP contribution in [0.15, 0.2) is 48.5 Å². The first-order valence-electron chi connectivity index (χ1n) is 10.2. The monoisotopic (exact) mass is 414 g/mol. The van der Waals surface area contributed by atoms with Crippen LogP contribution in [0, 0.1) is 5.82 Å². The van der Waals surface area contributed by atoms with Gasteiger partial charge < -0.3 is 20.9 Å². The summed E-state index contributed by atoms with van der Waals surface area (Å²) < 4.78 is 13.0. The average Bonchev–Trinajstić information content (AvgIpc) is 2.72. The van der Waals surface area contributed by atoms with Crippen molar-refractivity contribution in [3.8, 4) is 0 Å². The molecule has 2 aromatic rings. The molecule has 0 bridgehead atoms. The van der Waals surface area contributed by atoms with E-state index in [4.69, 9.17) is 0 Å². The number of urea groups is 1. The highest BCUT2D eigenvalue weighted by Gasteiger charge is 2.20. The second-order valence-corrected chi connectivity index (χ2v) is 7.53. The first-order valence-corrected chi connectivity index (χ1v) is 10.2. The maximum Gasteiger partial charge on any atom is 0.315 e. The molecule has 7 heteroatoms. The van der Waals surface area contributed by atoms with Crippen molar-refractivity contribution in [2.45, 2.75) is 38.8 Å². The molecule has 1 unspecified atom stereocenters. The van der Waals surface area contributed by atoms with E-state index in [1.807, 2.05) is 45.3 Å². The molecule has 0 aliphatic heterocycles. The molecular weight excluding hydrogens is 383 g/mol. The molecule has 1 atom stereocenters. The van der Waals surface area contributed by atoms with Gasteiger partial charge in [-0.2, -0.15) is 0 Å². The van der Waals surface area contributed by atoms with Crippen LogP contribution in [-0.4, -0.2) is 43.5 Å². The second-order valence-electron chi connectivity index (χ2n) is 7.53. The van der Waals surface area contributed by atoms with Crippen LogP contribution in [-0.2, 0) is 17.8 Å². The number of likely N-dealkylation sites (N-methyl/N-ethyl adjacent to an activating group) is 1. The van der Waals surface area contributed by atoms with Gasteiger partial charge in [0.05, 0.1) is 0 Å². The van der Waals surface area contributed by atoms with Gasteiger partial charge in [-0.05, 0) is 62.3 Å². The molecule has 0 saturated heterocycles. The zero-order valence-electron chi connectivity index (χ0n) is 17.9. The minimum atomic E-state index is -0.642. The van der Waals surface area contributed by atoms with Crippen LogP contribution in [0.4, 0.5) is 14.9 Å². The molecular formula is C23H31FN4O2. The molecule has 0 spiro atoms. The summed E-state index contributed by atoms with van der Waals surface area (Å²) in [6.45, 7) is 3.17. The summed E-state index contributed by atoms with van der Waals surface area (Å²) in [5.41, 5.74) is 2.67. The van der Waals surface area contributed by atoms with Crippen molar-refractivity contribution in [1.82, 2.24) is 15.5 Å². The number of carbonyl (C=O) groups is 2. The summed E-state index contributed by atoms with van der Waals surface area (Å²) in [7, 11) is 4.07. The maximum absolute atomic E-state index is 13.0. The molecule has 30 heavy (non-hydrogen) atoms.